The number of rotatable bonds is 1. The Hall–Kier alpha value is -1.80. The highest BCUT2D eigenvalue weighted by Crippen LogP contribution is 2.03. The van der Waals surface area contributed by atoms with Crippen LogP contribution in [0.5, 0.6) is 0 Å². The normalized spacial score (nSPS) is 8.75. The zero-order valence-corrected chi connectivity index (χ0v) is 6.44. The molecule has 0 unspecified atom stereocenters. The molecule has 0 aliphatic carbocycles. The standard InChI is InChI=1S/C8H6N2O2/c1-6-3-2-4-9-7(6)8(12)10-5-11/h2-4H,1H3. The summed E-state index contributed by atoms with van der Waals surface area (Å²) < 4.78 is 0. The maximum atomic E-state index is 11.0. The first-order valence-electron chi connectivity index (χ1n) is 3.29. The summed E-state index contributed by atoms with van der Waals surface area (Å²) in [6.07, 6.45) is 2.65. The van der Waals surface area contributed by atoms with Gasteiger partial charge in [-0.05, 0) is 18.6 Å². The quantitative estimate of drug-likeness (QED) is 0.454. The molecule has 0 bridgehead atoms. The zero-order chi connectivity index (χ0) is 8.97. The number of carbonyl (C=O) groups excluding carboxylic acids is 2. The summed E-state index contributed by atoms with van der Waals surface area (Å²) >= 11 is 0. The summed E-state index contributed by atoms with van der Waals surface area (Å²) in [6.45, 7) is 1.72. The van der Waals surface area contributed by atoms with E-state index in [4.69, 9.17) is 0 Å². The number of pyridine rings is 1. The number of hydrogen-bond donors (Lipinski definition) is 0. The molecular weight excluding hydrogens is 156 g/mol. The smallest absolute Gasteiger partial charge is 0.264 e. The molecule has 0 atom stereocenters. The molecule has 0 spiro atoms. The van der Waals surface area contributed by atoms with Gasteiger partial charge in [-0.1, -0.05) is 6.07 Å². The number of aliphatic imine (C=N–C) groups is 1. The van der Waals surface area contributed by atoms with Gasteiger partial charge in [0.05, 0.1) is 0 Å². The first kappa shape index (κ1) is 8.30. The Bertz CT molecular complexity index is 354. The van der Waals surface area contributed by atoms with Crippen molar-refractivity contribution < 1.29 is 9.59 Å². The summed E-state index contributed by atoms with van der Waals surface area (Å²) in [4.78, 5) is 27.5. The topological polar surface area (TPSA) is 59.4 Å². The van der Waals surface area contributed by atoms with Crippen molar-refractivity contribution in [2.45, 2.75) is 6.92 Å². The minimum Gasteiger partial charge on any atom is -0.264 e. The number of isocyanates is 1. The Kier molecular flexibility index (Phi) is 2.46. The lowest BCUT2D eigenvalue weighted by molar-refractivity contribution is 0.0997. The van der Waals surface area contributed by atoms with Crippen molar-refractivity contribution in [2.75, 3.05) is 0 Å². The number of aromatic nitrogens is 1. The van der Waals surface area contributed by atoms with Gasteiger partial charge < -0.3 is 0 Å². The highest BCUT2D eigenvalue weighted by molar-refractivity contribution is 5.96. The van der Waals surface area contributed by atoms with Crippen molar-refractivity contribution >= 4 is 12.0 Å². The molecule has 1 rings (SSSR count). The van der Waals surface area contributed by atoms with Crippen molar-refractivity contribution in [1.29, 1.82) is 0 Å². The molecule has 4 heteroatoms. The van der Waals surface area contributed by atoms with Crippen LogP contribution in [0, 0.1) is 6.92 Å². The highest BCUT2D eigenvalue weighted by Gasteiger charge is 2.07. The van der Waals surface area contributed by atoms with Crippen LogP contribution in [0.4, 0.5) is 0 Å². The molecule has 0 radical (unpaired) electrons. The molecule has 0 fully saturated rings. The van der Waals surface area contributed by atoms with Gasteiger partial charge in [-0.3, -0.25) is 9.78 Å². The minimum absolute atomic E-state index is 0.195. The van der Waals surface area contributed by atoms with Gasteiger partial charge in [0.15, 0.2) is 0 Å². The second-order valence-corrected chi connectivity index (χ2v) is 2.18. The Morgan fingerprint density at radius 1 is 1.67 bits per heavy atom. The lowest BCUT2D eigenvalue weighted by Gasteiger charge is -1.95. The maximum Gasteiger partial charge on any atom is 0.306 e. The molecule has 1 heterocycles. The van der Waals surface area contributed by atoms with Gasteiger partial charge in [-0.15, -0.1) is 4.99 Å². The molecule has 4 nitrogen and oxygen atoms in total. The first-order chi connectivity index (χ1) is 5.75. The van der Waals surface area contributed by atoms with Crippen LogP contribution in [-0.4, -0.2) is 17.0 Å². The van der Waals surface area contributed by atoms with E-state index in [9.17, 15) is 9.59 Å². The van der Waals surface area contributed by atoms with Crippen LogP contribution in [0.1, 0.15) is 16.1 Å². The van der Waals surface area contributed by atoms with Gasteiger partial charge in [0, 0.05) is 6.20 Å². The lowest BCUT2D eigenvalue weighted by Crippen LogP contribution is -2.00. The highest BCUT2D eigenvalue weighted by atomic mass is 16.2. The van der Waals surface area contributed by atoms with Crippen molar-refractivity contribution in [1.82, 2.24) is 4.98 Å². The van der Waals surface area contributed by atoms with Gasteiger partial charge in [-0.2, -0.15) is 0 Å². The van der Waals surface area contributed by atoms with E-state index in [0.717, 1.165) is 0 Å². The largest absolute Gasteiger partial charge is 0.306 e. The fourth-order valence-corrected chi connectivity index (χ4v) is 0.804. The van der Waals surface area contributed by atoms with E-state index in [1.165, 1.54) is 12.3 Å². The van der Waals surface area contributed by atoms with E-state index in [1.807, 2.05) is 0 Å². The van der Waals surface area contributed by atoms with Gasteiger partial charge in [0.2, 0.25) is 6.08 Å². The zero-order valence-electron chi connectivity index (χ0n) is 6.44. The summed E-state index contributed by atoms with van der Waals surface area (Å²) in [5, 5.41) is 0. The molecule has 0 aliphatic heterocycles. The Balaban J connectivity index is 3.11. The van der Waals surface area contributed by atoms with Gasteiger partial charge in [0.1, 0.15) is 5.69 Å². The van der Waals surface area contributed by atoms with Crippen molar-refractivity contribution in [3.8, 4) is 0 Å². The van der Waals surface area contributed by atoms with E-state index < -0.39 is 5.91 Å². The fraction of sp³-hybridized carbons (Fsp3) is 0.125. The summed E-state index contributed by atoms with van der Waals surface area (Å²) in [5.74, 6) is -0.650. The monoisotopic (exact) mass is 162 g/mol. The second kappa shape index (κ2) is 3.55. The third-order valence-electron chi connectivity index (χ3n) is 1.36. The van der Waals surface area contributed by atoms with Crippen LogP contribution in [0.2, 0.25) is 0 Å². The molecule has 1 aromatic rings. The summed E-state index contributed by atoms with van der Waals surface area (Å²) in [7, 11) is 0. The van der Waals surface area contributed by atoms with E-state index in [0.29, 0.717) is 5.56 Å². The van der Waals surface area contributed by atoms with Crippen LogP contribution < -0.4 is 0 Å². The second-order valence-electron chi connectivity index (χ2n) is 2.18. The number of nitrogens with zero attached hydrogens (tertiary/aromatic N) is 2. The molecule has 0 aliphatic rings. The molecule has 60 valence electrons. The predicted molar refractivity (Wildman–Crippen MR) is 41.4 cm³/mol. The Morgan fingerprint density at radius 3 is 3.00 bits per heavy atom. The van der Waals surface area contributed by atoms with Gasteiger partial charge in [-0.25, -0.2) is 4.79 Å². The van der Waals surface area contributed by atoms with E-state index in [-0.39, 0.29) is 5.69 Å². The molecule has 1 aromatic heterocycles. The van der Waals surface area contributed by atoms with Gasteiger partial charge >= 0.3 is 5.91 Å². The summed E-state index contributed by atoms with van der Waals surface area (Å²) in [5.41, 5.74) is 0.891. The molecule has 12 heavy (non-hydrogen) atoms. The average Bonchev–Trinajstić information content (AvgIpc) is 2.05. The van der Waals surface area contributed by atoms with Crippen molar-refractivity contribution in [3.05, 3.63) is 29.6 Å². The van der Waals surface area contributed by atoms with Crippen LogP contribution >= 0.6 is 0 Å². The molecule has 0 aromatic carbocycles. The minimum atomic E-state index is -0.650. The third kappa shape index (κ3) is 1.62. The Morgan fingerprint density at radius 2 is 2.42 bits per heavy atom. The number of hydrogen-bond acceptors (Lipinski definition) is 3. The van der Waals surface area contributed by atoms with Crippen LogP contribution in [0.3, 0.4) is 0 Å². The molecule has 0 saturated carbocycles. The van der Waals surface area contributed by atoms with Crippen LogP contribution in [0.15, 0.2) is 23.3 Å². The molecule has 0 N–H and O–H groups in total. The van der Waals surface area contributed by atoms with Crippen molar-refractivity contribution in [3.63, 3.8) is 0 Å². The van der Waals surface area contributed by atoms with E-state index >= 15 is 0 Å². The lowest BCUT2D eigenvalue weighted by atomic mass is 10.2. The summed E-state index contributed by atoms with van der Waals surface area (Å²) in [6, 6.07) is 3.43. The molecular formula is C8H6N2O2. The van der Waals surface area contributed by atoms with Crippen LogP contribution in [-0.2, 0) is 4.79 Å². The number of carbonyl (C=O) groups is 1. The van der Waals surface area contributed by atoms with Crippen molar-refractivity contribution in [2.24, 2.45) is 4.99 Å². The SMILES string of the molecule is Cc1cccnc1C(=O)N=C=O. The maximum absolute atomic E-state index is 11.0. The van der Waals surface area contributed by atoms with E-state index in [1.54, 1.807) is 19.1 Å². The third-order valence-corrected chi connectivity index (χ3v) is 1.36. The van der Waals surface area contributed by atoms with Gasteiger partial charge in [0.25, 0.3) is 0 Å². The number of amides is 1. The molecule has 1 amide bonds. The van der Waals surface area contributed by atoms with E-state index in [2.05, 4.69) is 9.98 Å². The number of aryl methyl sites for hydroxylation is 1. The van der Waals surface area contributed by atoms with Crippen LogP contribution in [0.25, 0.3) is 0 Å². The predicted octanol–water partition coefficient (Wildman–Crippen LogP) is 0.866. The average molecular weight is 162 g/mol. The Labute approximate surface area is 69.0 Å². The molecule has 0 saturated heterocycles. The fourth-order valence-electron chi connectivity index (χ4n) is 0.804. The first-order valence-corrected chi connectivity index (χ1v) is 3.29.